The van der Waals surface area contributed by atoms with Gasteiger partial charge in [0.25, 0.3) is 0 Å². The van der Waals surface area contributed by atoms with Gasteiger partial charge in [0.05, 0.1) is 18.3 Å². The molecule has 1 aliphatic carbocycles. The van der Waals surface area contributed by atoms with Crippen LogP contribution >= 0.6 is 0 Å². The average molecular weight is 329 g/mol. The van der Waals surface area contributed by atoms with Crippen LogP contribution in [0.25, 0.3) is 5.65 Å². The van der Waals surface area contributed by atoms with Crippen molar-refractivity contribution >= 4 is 17.4 Å². The van der Waals surface area contributed by atoms with Gasteiger partial charge in [-0.2, -0.15) is 0 Å². The SMILES string of the molecule is CC1COCCCN1C(=O)Nc1ccc2nnc(C3CCC3)n2c1. The van der Waals surface area contributed by atoms with E-state index in [9.17, 15) is 4.79 Å². The van der Waals surface area contributed by atoms with Crippen LogP contribution in [0.5, 0.6) is 0 Å². The number of urea groups is 1. The quantitative estimate of drug-likeness (QED) is 0.919. The van der Waals surface area contributed by atoms with Crippen molar-refractivity contribution in [1.29, 1.82) is 0 Å². The molecule has 128 valence electrons. The molecule has 2 aromatic heterocycles. The van der Waals surface area contributed by atoms with Gasteiger partial charge < -0.3 is 15.0 Å². The number of amides is 2. The molecule has 2 aromatic rings. The molecule has 1 saturated heterocycles. The molecule has 0 bridgehead atoms. The van der Waals surface area contributed by atoms with E-state index < -0.39 is 0 Å². The number of ether oxygens (including phenoxy) is 1. The topological polar surface area (TPSA) is 71.8 Å². The Balaban J connectivity index is 1.54. The highest BCUT2D eigenvalue weighted by molar-refractivity contribution is 5.89. The summed E-state index contributed by atoms with van der Waals surface area (Å²) in [6.07, 6.45) is 6.39. The first-order chi connectivity index (χ1) is 11.7. The standard InChI is InChI=1S/C17H23N5O2/c1-12-11-24-9-3-8-21(12)17(23)18-14-6-7-15-19-20-16(22(15)10-14)13-4-2-5-13/h6-7,10,12-13H,2-5,8-9,11H2,1H3,(H,18,23). The molecule has 1 atom stereocenters. The van der Waals surface area contributed by atoms with Gasteiger partial charge in [-0.05, 0) is 38.3 Å². The van der Waals surface area contributed by atoms with Gasteiger partial charge >= 0.3 is 6.03 Å². The number of rotatable bonds is 2. The number of hydrogen-bond acceptors (Lipinski definition) is 4. The first-order valence-electron chi connectivity index (χ1n) is 8.72. The molecule has 4 rings (SSSR count). The van der Waals surface area contributed by atoms with Crippen molar-refractivity contribution in [2.75, 3.05) is 25.1 Å². The number of anilines is 1. The van der Waals surface area contributed by atoms with Crippen LogP contribution in [0, 0.1) is 0 Å². The van der Waals surface area contributed by atoms with Crippen molar-refractivity contribution in [3.05, 3.63) is 24.2 Å². The Morgan fingerprint density at radius 2 is 2.17 bits per heavy atom. The maximum absolute atomic E-state index is 12.6. The third kappa shape index (κ3) is 2.84. The first-order valence-corrected chi connectivity index (χ1v) is 8.72. The lowest BCUT2D eigenvalue weighted by atomic mass is 9.85. The predicted octanol–water partition coefficient (Wildman–Crippen LogP) is 2.64. The van der Waals surface area contributed by atoms with Crippen LogP contribution in [0.2, 0.25) is 0 Å². The van der Waals surface area contributed by atoms with Crippen LogP contribution in [-0.2, 0) is 4.74 Å². The average Bonchev–Trinajstić information content (AvgIpc) is 2.78. The Hall–Kier alpha value is -2.15. The zero-order valence-corrected chi connectivity index (χ0v) is 13.9. The van der Waals surface area contributed by atoms with Gasteiger partial charge in [0, 0.05) is 25.3 Å². The van der Waals surface area contributed by atoms with E-state index in [4.69, 9.17) is 4.74 Å². The summed E-state index contributed by atoms with van der Waals surface area (Å²) >= 11 is 0. The highest BCUT2D eigenvalue weighted by atomic mass is 16.5. The molecule has 24 heavy (non-hydrogen) atoms. The molecule has 7 nitrogen and oxygen atoms in total. The van der Waals surface area contributed by atoms with Gasteiger partial charge in [0.2, 0.25) is 0 Å². The van der Waals surface area contributed by atoms with Crippen molar-refractivity contribution in [3.8, 4) is 0 Å². The van der Waals surface area contributed by atoms with Crippen molar-refractivity contribution < 1.29 is 9.53 Å². The Labute approximate surface area is 141 Å². The van der Waals surface area contributed by atoms with E-state index in [-0.39, 0.29) is 12.1 Å². The second-order valence-electron chi connectivity index (χ2n) is 6.73. The van der Waals surface area contributed by atoms with E-state index in [0.717, 1.165) is 30.1 Å². The largest absolute Gasteiger partial charge is 0.379 e. The minimum Gasteiger partial charge on any atom is -0.379 e. The van der Waals surface area contributed by atoms with Gasteiger partial charge in [0.1, 0.15) is 5.82 Å². The van der Waals surface area contributed by atoms with Crippen LogP contribution in [0.4, 0.5) is 10.5 Å². The lowest BCUT2D eigenvalue weighted by Gasteiger charge is -2.26. The lowest BCUT2D eigenvalue weighted by molar-refractivity contribution is 0.116. The van der Waals surface area contributed by atoms with Gasteiger partial charge in [0.15, 0.2) is 5.65 Å². The smallest absolute Gasteiger partial charge is 0.322 e. The highest BCUT2D eigenvalue weighted by Gasteiger charge is 2.25. The number of pyridine rings is 1. The molecule has 0 spiro atoms. The van der Waals surface area contributed by atoms with Crippen LogP contribution in [0.1, 0.15) is 44.3 Å². The summed E-state index contributed by atoms with van der Waals surface area (Å²) < 4.78 is 7.51. The zero-order valence-electron chi connectivity index (χ0n) is 13.9. The summed E-state index contributed by atoms with van der Waals surface area (Å²) in [5.74, 6) is 1.50. The van der Waals surface area contributed by atoms with Crippen molar-refractivity contribution in [2.45, 2.75) is 44.6 Å². The normalized spacial score (nSPS) is 22.2. The van der Waals surface area contributed by atoms with E-state index in [1.165, 1.54) is 19.3 Å². The number of nitrogens with zero attached hydrogens (tertiary/aromatic N) is 4. The van der Waals surface area contributed by atoms with E-state index in [2.05, 4.69) is 15.5 Å². The maximum Gasteiger partial charge on any atom is 0.322 e. The summed E-state index contributed by atoms with van der Waals surface area (Å²) in [6.45, 7) is 4.03. The summed E-state index contributed by atoms with van der Waals surface area (Å²) in [5, 5.41) is 11.6. The number of fused-ring (bicyclic) bond motifs is 1. The number of nitrogens with one attached hydrogen (secondary N) is 1. The number of carbonyl (C=O) groups excluding carboxylic acids is 1. The maximum atomic E-state index is 12.6. The molecule has 1 N–H and O–H groups in total. The highest BCUT2D eigenvalue weighted by Crippen LogP contribution is 2.35. The van der Waals surface area contributed by atoms with Crippen LogP contribution < -0.4 is 5.32 Å². The minimum absolute atomic E-state index is 0.0781. The molecule has 7 heteroatoms. The molecule has 3 heterocycles. The molecular weight excluding hydrogens is 306 g/mol. The Morgan fingerprint density at radius 3 is 2.96 bits per heavy atom. The molecule has 2 fully saturated rings. The fraction of sp³-hybridized carbons (Fsp3) is 0.588. The van der Waals surface area contributed by atoms with E-state index in [1.54, 1.807) is 0 Å². The third-order valence-electron chi connectivity index (χ3n) is 4.99. The fourth-order valence-corrected chi connectivity index (χ4v) is 3.33. The minimum atomic E-state index is -0.0781. The molecule has 1 unspecified atom stereocenters. The first kappa shape index (κ1) is 15.4. The van der Waals surface area contributed by atoms with E-state index in [0.29, 0.717) is 19.1 Å². The molecule has 0 aromatic carbocycles. The molecule has 0 radical (unpaired) electrons. The Bertz CT molecular complexity index is 740. The van der Waals surface area contributed by atoms with Crippen LogP contribution in [0.3, 0.4) is 0 Å². The monoisotopic (exact) mass is 329 g/mol. The van der Waals surface area contributed by atoms with Gasteiger partial charge in [-0.15, -0.1) is 10.2 Å². The number of hydrogen-bond donors (Lipinski definition) is 1. The molecule has 1 saturated carbocycles. The van der Waals surface area contributed by atoms with Gasteiger partial charge in [-0.1, -0.05) is 6.42 Å². The van der Waals surface area contributed by atoms with E-state index in [1.807, 2.05) is 34.6 Å². The van der Waals surface area contributed by atoms with E-state index >= 15 is 0 Å². The van der Waals surface area contributed by atoms with Gasteiger partial charge in [-0.25, -0.2) is 4.79 Å². The van der Waals surface area contributed by atoms with Crippen molar-refractivity contribution in [2.24, 2.45) is 0 Å². The van der Waals surface area contributed by atoms with Crippen LogP contribution in [0.15, 0.2) is 18.3 Å². The van der Waals surface area contributed by atoms with Crippen LogP contribution in [-0.4, -0.2) is 51.3 Å². The summed E-state index contributed by atoms with van der Waals surface area (Å²) in [5.41, 5.74) is 1.59. The Morgan fingerprint density at radius 1 is 1.29 bits per heavy atom. The summed E-state index contributed by atoms with van der Waals surface area (Å²) in [6, 6.07) is 3.79. The van der Waals surface area contributed by atoms with Crippen molar-refractivity contribution in [1.82, 2.24) is 19.5 Å². The summed E-state index contributed by atoms with van der Waals surface area (Å²) in [7, 11) is 0. The second kappa shape index (κ2) is 6.39. The van der Waals surface area contributed by atoms with Crippen molar-refractivity contribution in [3.63, 3.8) is 0 Å². The number of carbonyl (C=O) groups is 1. The second-order valence-corrected chi connectivity index (χ2v) is 6.73. The molecular formula is C17H23N5O2. The molecule has 2 amide bonds. The lowest BCUT2D eigenvalue weighted by Crippen LogP contribution is -2.42. The Kier molecular flexibility index (Phi) is 4.10. The molecule has 1 aliphatic heterocycles. The predicted molar refractivity (Wildman–Crippen MR) is 90.2 cm³/mol. The molecule has 2 aliphatic rings. The summed E-state index contributed by atoms with van der Waals surface area (Å²) in [4.78, 5) is 14.5. The fourth-order valence-electron chi connectivity index (χ4n) is 3.33. The van der Waals surface area contributed by atoms with Gasteiger partial charge in [-0.3, -0.25) is 4.40 Å². The third-order valence-corrected chi connectivity index (χ3v) is 4.99. The zero-order chi connectivity index (χ0) is 16.5. The number of aromatic nitrogens is 3.